The van der Waals surface area contributed by atoms with Crippen LogP contribution in [-0.4, -0.2) is 14.5 Å². The second kappa shape index (κ2) is 5.34. The minimum Gasteiger partial charge on any atom is -0.207 e. The van der Waals surface area contributed by atoms with Crippen LogP contribution in [0.1, 0.15) is 18.4 Å². The third kappa shape index (κ3) is 2.97. The van der Waals surface area contributed by atoms with Gasteiger partial charge in [-0.2, -0.15) is 5.26 Å². The Bertz CT molecular complexity index is 574. The first-order valence-electron chi connectivity index (χ1n) is 5.75. The molecule has 1 aliphatic carbocycles. The van der Waals surface area contributed by atoms with Crippen molar-refractivity contribution in [3.63, 3.8) is 0 Å². The van der Waals surface area contributed by atoms with Gasteiger partial charge < -0.3 is 0 Å². The van der Waals surface area contributed by atoms with Crippen molar-refractivity contribution in [3.8, 4) is 6.07 Å². The van der Waals surface area contributed by atoms with Crippen LogP contribution in [0.15, 0.2) is 41.3 Å². The Morgan fingerprint density at radius 2 is 1.83 bits per heavy atom. The largest absolute Gasteiger partial charge is 0.240 e. The number of nitrogens with zero attached hydrogens (tertiary/aromatic N) is 1. The van der Waals surface area contributed by atoms with Crippen LogP contribution < -0.4 is 4.72 Å². The smallest absolute Gasteiger partial charge is 0.207 e. The normalized spacial score (nSPS) is 15.7. The molecule has 0 saturated heterocycles. The van der Waals surface area contributed by atoms with Crippen molar-refractivity contribution in [1.82, 2.24) is 4.72 Å². The van der Waals surface area contributed by atoms with E-state index < -0.39 is 10.0 Å². The maximum absolute atomic E-state index is 12.1. The zero-order valence-electron chi connectivity index (χ0n) is 9.83. The van der Waals surface area contributed by atoms with Crippen LogP contribution in [0.3, 0.4) is 0 Å². The molecule has 0 bridgehead atoms. The molecule has 4 nitrogen and oxygen atoms in total. The monoisotopic (exact) mass is 262 g/mol. The molecule has 2 rings (SSSR count). The number of benzene rings is 1. The summed E-state index contributed by atoms with van der Waals surface area (Å²) in [4.78, 5) is 0.246. The molecule has 0 amide bonds. The van der Waals surface area contributed by atoms with Gasteiger partial charge in [-0.25, -0.2) is 13.1 Å². The Morgan fingerprint density at radius 1 is 1.22 bits per heavy atom. The van der Waals surface area contributed by atoms with E-state index in [-0.39, 0.29) is 10.9 Å². The minimum atomic E-state index is -3.45. The summed E-state index contributed by atoms with van der Waals surface area (Å²) >= 11 is 0. The van der Waals surface area contributed by atoms with E-state index >= 15 is 0 Å². The van der Waals surface area contributed by atoms with Gasteiger partial charge >= 0.3 is 0 Å². The fourth-order valence-electron chi connectivity index (χ4n) is 1.88. The third-order valence-electron chi connectivity index (χ3n) is 2.85. The zero-order valence-corrected chi connectivity index (χ0v) is 10.7. The van der Waals surface area contributed by atoms with Gasteiger partial charge in [0.25, 0.3) is 0 Å². The molecular weight excluding hydrogens is 248 g/mol. The van der Waals surface area contributed by atoms with Gasteiger partial charge in [0, 0.05) is 6.04 Å². The number of hydrogen-bond donors (Lipinski definition) is 1. The molecule has 0 unspecified atom stereocenters. The zero-order chi connectivity index (χ0) is 13.0. The first-order valence-corrected chi connectivity index (χ1v) is 7.23. The lowest BCUT2D eigenvalue weighted by atomic mass is 10.2. The molecule has 1 aromatic carbocycles. The summed E-state index contributed by atoms with van der Waals surface area (Å²) in [5.74, 6) is 0. The predicted molar refractivity (Wildman–Crippen MR) is 68.2 cm³/mol. The number of hydrogen-bond acceptors (Lipinski definition) is 3. The van der Waals surface area contributed by atoms with Crippen molar-refractivity contribution >= 4 is 10.0 Å². The summed E-state index contributed by atoms with van der Waals surface area (Å²) in [5.41, 5.74) is 0.819. The topological polar surface area (TPSA) is 70.0 Å². The second-order valence-corrected chi connectivity index (χ2v) is 5.95. The highest BCUT2D eigenvalue weighted by molar-refractivity contribution is 7.89. The van der Waals surface area contributed by atoms with Gasteiger partial charge in [-0.15, -0.1) is 0 Å². The van der Waals surface area contributed by atoms with Gasteiger partial charge in [0.15, 0.2) is 0 Å². The average Bonchev–Trinajstić information content (AvgIpc) is 2.82. The molecule has 0 aliphatic heterocycles. The van der Waals surface area contributed by atoms with Gasteiger partial charge in [-0.1, -0.05) is 24.3 Å². The Hall–Kier alpha value is -1.64. The van der Waals surface area contributed by atoms with Crippen LogP contribution in [0.25, 0.3) is 0 Å². The number of rotatable bonds is 4. The third-order valence-corrected chi connectivity index (χ3v) is 4.38. The molecule has 94 valence electrons. The molecule has 1 aromatic rings. The summed E-state index contributed by atoms with van der Waals surface area (Å²) in [5, 5.41) is 8.55. The van der Waals surface area contributed by atoms with E-state index in [1.165, 1.54) is 12.1 Å². The standard InChI is InChI=1S/C13H14N2O2S/c14-10-9-11-5-7-13(8-6-11)18(16,17)15-12-3-1-2-4-12/h1-2,5-8,12,15H,3-4,9H2. The van der Waals surface area contributed by atoms with E-state index in [0.717, 1.165) is 18.4 Å². The molecule has 1 aliphatic rings. The van der Waals surface area contributed by atoms with E-state index in [2.05, 4.69) is 4.72 Å². The van der Waals surface area contributed by atoms with Crippen molar-refractivity contribution in [2.75, 3.05) is 0 Å². The van der Waals surface area contributed by atoms with Crippen LogP contribution >= 0.6 is 0 Å². The van der Waals surface area contributed by atoms with Gasteiger partial charge in [0.2, 0.25) is 10.0 Å². The predicted octanol–water partition coefficient (Wildman–Crippen LogP) is 1.75. The van der Waals surface area contributed by atoms with Crippen LogP contribution in [0.4, 0.5) is 0 Å². The molecule has 0 saturated carbocycles. The van der Waals surface area contributed by atoms with E-state index in [4.69, 9.17) is 5.26 Å². The second-order valence-electron chi connectivity index (χ2n) is 4.24. The van der Waals surface area contributed by atoms with Crippen LogP contribution in [-0.2, 0) is 16.4 Å². The van der Waals surface area contributed by atoms with Crippen LogP contribution in [0, 0.1) is 11.3 Å². The Balaban J connectivity index is 2.11. The SMILES string of the molecule is N#CCc1ccc(S(=O)(=O)NC2CC=CC2)cc1. The lowest BCUT2D eigenvalue weighted by Gasteiger charge is -2.12. The fourth-order valence-corrected chi connectivity index (χ4v) is 3.14. The number of nitrogens with one attached hydrogen (secondary N) is 1. The van der Waals surface area contributed by atoms with Gasteiger partial charge in [0.05, 0.1) is 17.4 Å². The molecule has 5 heteroatoms. The molecular formula is C13H14N2O2S. The van der Waals surface area contributed by atoms with Crippen LogP contribution in [0.2, 0.25) is 0 Å². The summed E-state index contributed by atoms with van der Waals surface area (Å²) in [6.45, 7) is 0. The first kappa shape index (κ1) is 12.8. The quantitative estimate of drug-likeness (QED) is 0.840. The maximum Gasteiger partial charge on any atom is 0.240 e. The lowest BCUT2D eigenvalue weighted by molar-refractivity contribution is 0.557. The molecule has 0 aromatic heterocycles. The van der Waals surface area contributed by atoms with Crippen LogP contribution in [0.5, 0.6) is 0 Å². The van der Waals surface area contributed by atoms with Crippen molar-refractivity contribution in [1.29, 1.82) is 5.26 Å². The maximum atomic E-state index is 12.1. The average molecular weight is 262 g/mol. The number of nitriles is 1. The Labute approximate surface area is 107 Å². The van der Waals surface area contributed by atoms with Gasteiger partial charge in [-0.05, 0) is 30.5 Å². The summed E-state index contributed by atoms with van der Waals surface area (Å²) < 4.78 is 26.8. The molecule has 0 heterocycles. The van der Waals surface area contributed by atoms with E-state index in [9.17, 15) is 8.42 Å². The minimum absolute atomic E-state index is 0.0335. The molecule has 0 radical (unpaired) electrons. The summed E-state index contributed by atoms with van der Waals surface area (Å²) in [6.07, 6.45) is 5.73. The lowest BCUT2D eigenvalue weighted by Crippen LogP contribution is -2.32. The summed E-state index contributed by atoms with van der Waals surface area (Å²) in [6, 6.07) is 8.41. The molecule has 0 spiro atoms. The van der Waals surface area contributed by atoms with Gasteiger partial charge in [-0.3, -0.25) is 0 Å². The highest BCUT2D eigenvalue weighted by Crippen LogP contribution is 2.15. The van der Waals surface area contributed by atoms with Crippen molar-refractivity contribution in [2.45, 2.75) is 30.2 Å². The Morgan fingerprint density at radius 3 is 2.39 bits per heavy atom. The van der Waals surface area contributed by atoms with Gasteiger partial charge in [0.1, 0.15) is 0 Å². The van der Waals surface area contributed by atoms with E-state index in [1.807, 2.05) is 18.2 Å². The Kier molecular flexibility index (Phi) is 3.80. The highest BCUT2D eigenvalue weighted by Gasteiger charge is 2.20. The van der Waals surface area contributed by atoms with Crippen molar-refractivity contribution < 1.29 is 8.42 Å². The van der Waals surface area contributed by atoms with E-state index in [1.54, 1.807) is 12.1 Å². The van der Waals surface area contributed by atoms with Crippen molar-refractivity contribution in [2.24, 2.45) is 0 Å². The highest BCUT2D eigenvalue weighted by atomic mass is 32.2. The molecule has 18 heavy (non-hydrogen) atoms. The van der Waals surface area contributed by atoms with Crippen molar-refractivity contribution in [3.05, 3.63) is 42.0 Å². The number of sulfonamides is 1. The molecule has 0 atom stereocenters. The summed E-state index contributed by atoms with van der Waals surface area (Å²) in [7, 11) is -3.45. The molecule has 0 fully saturated rings. The fraction of sp³-hybridized carbons (Fsp3) is 0.308. The molecule has 1 N–H and O–H groups in total. The van der Waals surface area contributed by atoms with E-state index in [0.29, 0.717) is 6.42 Å². The first-order chi connectivity index (χ1) is 8.62.